The molecule has 0 spiro atoms. The fraction of sp³-hybridized carbons (Fsp3) is 0.304. The van der Waals surface area contributed by atoms with E-state index in [4.69, 9.17) is 11.6 Å². The third-order valence-corrected chi connectivity index (χ3v) is 5.84. The number of rotatable bonds is 5. The van der Waals surface area contributed by atoms with Gasteiger partial charge in [-0.2, -0.15) is 0 Å². The number of hydrogen-bond donors (Lipinski definition) is 0. The number of piperidine rings is 1. The number of Topliss-reactive ketones (excluding diaryl/α,β-unsaturated/α-hetero) is 1. The highest BCUT2D eigenvalue weighted by molar-refractivity contribution is 6.30. The van der Waals surface area contributed by atoms with Crippen molar-refractivity contribution < 1.29 is 4.79 Å². The molecule has 3 aromatic rings. The summed E-state index contributed by atoms with van der Waals surface area (Å²) in [4.78, 5) is 27.8. The third kappa shape index (κ3) is 4.21. The van der Waals surface area contributed by atoms with Crippen LogP contribution in [0.5, 0.6) is 0 Å². The average Bonchev–Trinajstić information content (AvgIpc) is 3.02. The molecule has 6 heteroatoms. The Bertz CT molecular complexity index is 1050. The van der Waals surface area contributed by atoms with Gasteiger partial charge in [-0.3, -0.25) is 18.8 Å². The van der Waals surface area contributed by atoms with E-state index in [0.29, 0.717) is 11.7 Å². The van der Waals surface area contributed by atoms with E-state index >= 15 is 0 Å². The van der Waals surface area contributed by atoms with Crippen molar-refractivity contribution in [3.63, 3.8) is 0 Å². The monoisotopic (exact) mass is 409 g/mol. The largest absolute Gasteiger partial charge is 0.334 e. The van der Waals surface area contributed by atoms with Gasteiger partial charge in [-0.1, -0.05) is 41.9 Å². The number of hydrogen-bond acceptors (Lipinski definition) is 3. The smallest absolute Gasteiger partial charge is 0.294 e. The van der Waals surface area contributed by atoms with Crippen molar-refractivity contribution >= 4 is 17.4 Å². The first kappa shape index (κ1) is 19.7. The van der Waals surface area contributed by atoms with E-state index in [1.807, 2.05) is 55.6 Å². The third-order valence-electron chi connectivity index (χ3n) is 5.59. The predicted octanol–water partition coefficient (Wildman–Crippen LogP) is 4.15. The maximum Gasteiger partial charge on any atom is 0.334 e. The molecule has 0 unspecified atom stereocenters. The van der Waals surface area contributed by atoms with Gasteiger partial charge in [0.05, 0.1) is 12.4 Å². The first-order valence-corrected chi connectivity index (χ1v) is 10.3. The van der Waals surface area contributed by atoms with Crippen LogP contribution in [-0.2, 0) is 6.67 Å². The molecule has 1 aliphatic heterocycles. The topological polar surface area (TPSA) is 47.2 Å². The Morgan fingerprint density at radius 2 is 1.69 bits per heavy atom. The van der Waals surface area contributed by atoms with Crippen molar-refractivity contribution in [1.82, 2.24) is 14.0 Å². The van der Waals surface area contributed by atoms with E-state index < -0.39 is 0 Å². The van der Waals surface area contributed by atoms with Crippen LogP contribution in [0.1, 0.15) is 28.9 Å². The zero-order chi connectivity index (χ0) is 20.4. The summed E-state index contributed by atoms with van der Waals surface area (Å²) in [5.41, 5.74) is 2.42. The minimum absolute atomic E-state index is 0.0609. The number of nitrogens with zero attached hydrogens (tertiary/aromatic N) is 3. The van der Waals surface area contributed by atoms with Crippen LogP contribution < -0.4 is 5.69 Å². The van der Waals surface area contributed by atoms with Gasteiger partial charge in [0.2, 0.25) is 0 Å². The number of ketones is 1. The number of carbonyl (C=O) groups excluding carboxylic acids is 1. The summed E-state index contributed by atoms with van der Waals surface area (Å²) in [5, 5.41) is 0.645. The van der Waals surface area contributed by atoms with Gasteiger partial charge in [0, 0.05) is 41.5 Å². The Hall–Kier alpha value is -2.63. The number of benzene rings is 2. The highest BCUT2D eigenvalue weighted by Gasteiger charge is 2.26. The summed E-state index contributed by atoms with van der Waals surface area (Å²) in [6.07, 6.45) is 3.52. The lowest BCUT2D eigenvalue weighted by molar-refractivity contribution is 0.0809. The predicted molar refractivity (Wildman–Crippen MR) is 115 cm³/mol. The van der Waals surface area contributed by atoms with Crippen molar-refractivity contribution in [2.75, 3.05) is 13.1 Å². The van der Waals surface area contributed by atoms with Crippen LogP contribution in [0.15, 0.2) is 65.6 Å². The number of carbonyl (C=O) groups is 1. The Labute approximate surface area is 175 Å². The summed E-state index contributed by atoms with van der Waals surface area (Å²) in [7, 11) is 0. The minimum Gasteiger partial charge on any atom is -0.294 e. The average molecular weight is 410 g/mol. The van der Waals surface area contributed by atoms with E-state index in [2.05, 4.69) is 4.90 Å². The lowest BCUT2D eigenvalue weighted by Gasteiger charge is -2.31. The SMILES string of the molecule is Cc1cn(CN2CCC(C(=O)c3ccccc3)CC2)c(=O)n1-c1ccc(Cl)cc1. The van der Waals surface area contributed by atoms with Crippen LogP contribution in [0.4, 0.5) is 0 Å². The molecule has 4 rings (SSSR count). The fourth-order valence-corrected chi connectivity index (χ4v) is 4.14. The Morgan fingerprint density at radius 3 is 2.34 bits per heavy atom. The van der Waals surface area contributed by atoms with Gasteiger partial charge in [0.25, 0.3) is 0 Å². The van der Waals surface area contributed by atoms with E-state index in [1.54, 1.807) is 21.3 Å². The van der Waals surface area contributed by atoms with Crippen LogP contribution in [0.2, 0.25) is 5.02 Å². The van der Waals surface area contributed by atoms with Crippen LogP contribution in [0.3, 0.4) is 0 Å². The molecule has 0 radical (unpaired) electrons. The molecule has 29 heavy (non-hydrogen) atoms. The number of halogens is 1. The van der Waals surface area contributed by atoms with Gasteiger partial charge in [-0.15, -0.1) is 0 Å². The molecule has 1 saturated heterocycles. The highest BCUT2D eigenvalue weighted by atomic mass is 35.5. The van der Waals surface area contributed by atoms with Crippen LogP contribution >= 0.6 is 11.6 Å². The lowest BCUT2D eigenvalue weighted by Crippen LogP contribution is -2.39. The molecule has 0 aliphatic carbocycles. The van der Waals surface area contributed by atoms with E-state index in [0.717, 1.165) is 42.9 Å². The molecule has 0 saturated carbocycles. The first-order chi connectivity index (χ1) is 14.0. The van der Waals surface area contributed by atoms with Crippen LogP contribution in [-0.4, -0.2) is 32.9 Å². The molecule has 1 aliphatic rings. The van der Waals surface area contributed by atoms with Crippen molar-refractivity contribution in [1.29, 1.82) is 0 Å². The van der Waals surface area contributed by atoms with Crippen molar-refractivity contribution in [2.24, 2.45) is 5.92 Å². The quantitative estimate of drug-likeness (QED) is 0.594. The zero-order valence-electron chi connectivity index (χ0n) is 16.4. The van der Waals surface area contributed by atoms with Crippen molar-refractivity contribution in [2.45, 2.75) is 26.4 Å². The van der Waals surface area contributed by atoms with Gasteiger partial charge in [0.1, 0.15) is 0 Å². The van der Waals surface area contributed by atoms with Crippen molar-refractivity contribution in [3.8, 4) is 5.69 Å². The summed E-state index contributed by atoms with van der Waals surface area (Å²) < 4.78 is 3.44. The van der Waals surface area contributed by atoms with E-state index in [-0.39, 0.29) is 17.4 Å². The Morgan fingerprint density at radius 1 is 1.03 bits per heavy atom. The highest BCUT2D eigenvalue weighted by Crippen LogP contribution is 2.22. The fourth-order valence-electron chi connectivity index (χ4n) is 4.01. The maximum absolute atomic E-state index is 12.9. The number of aryl methyl sites for hydroxylation is 1. The van der Waals surface area contributed by atoms with Gasteiger partial charge in [-0.05, 0) is 44.0 Å². The Balaban J connectivity index is 1.42. The second kappa shape index (κ2) is 8.39. The molecule has 1 aromatic heterocycles. The summed E-state index contributed by atoms with van der Waals surface area (Å²) in [6, 6.07) is 16.8. The summed E-state index contributed by atoms with van der Waals surface area (Å²) in [5.74, 6) is 0.290. The zero-order valence-corrected chi connectivity index (χ0v) is 17.2. The molecule has 0 atom stereocenters. The second-order valence-electron chi connectivity index (χ2n) is 7.60. The second-order valence-corrected chi connectivity index (χ2v) is 8.04. The maximum atomic E-state index is 12.9. The molecule has 0 N–H and O–H groups in total. The van der Waals surface area contributed by atoms with E-state index in [1.165, 1.54) is 0 Å². The molecular weight excluding hydrogens is 386 g/mol. The van der Waals surface area contributed by atoms with Gasteiger partial charge >= 0.3 is 5.69 Å². The van der Waals surface area contributed by atoms with E-state index in [9.17, 15) is 9.59 Å². The van der Waals surface area contributed by atoms with Crippen molar-refractivity contribution in [3.05, 3.63) is 87.6 Å². The van der Waals surface area contributed by atoms with Crippen LogP contribution in [0, 0.1) is 12.8 Å². The normalized spacial score (nSPS) is 15.5. The molecule has 1 fully saturated rings. The Kier molecular flexibility index (Phi) is 5.69. The number of likely N-dealkylation sites (tertiary alicyclic amines) is 1. The van der Waals surface area contributed by atoms with Gasteiger partial charge in [-0.25, -0.2) is 4.79 Å². The lowest BCUT2D eigenvalue weighted by atomic mass is 9.89. The minimum atomic E-state index is -0.0627. The number of aromatic nitrogens is 2. The van der Waals surface area contributed by atoms with Crippen LogP contribution in [0.25, 0.3) is 5.69 Å². The first-order valence-electron chi connectivity index (χ1n) is 9.89. The van der Waals surface area contributed by atoms with Gasteiger partial charge < -0.3 is 0 Å². The standard InChI is InChI=1S/C23H24ClN3O2/c1-17-15-26(23(29)27(17)21-9-7-20(24)8-10-21)16-25-13-11-19(12-14-25)22(28)18-5-3-2-4-6-18/h2-10,15,19H,11-14,16H2,1H3. The molecule has 150 valence electrons. The summed E-state index contributed by atoms with van der Waals surface area (Å²) in [6.45, 7) is 4.07. The molecule has 2 heterocycles. The molecular formula is C23H24ClN3O2. The molecule has 5 nitrogen and oxygen atoms in total. The molecule has 2 aromatic carbocycles. The number of imidazole rings is 1. The molecule has 0 amide bonds. The molecule has 0 bridgehead atoms. The van der Waals surface area contributed by atoms with Gasteiger partial charge in [0.15, 0.2) is 5.78 Å². The summed E-state index contributed by atoms with van der Waals surface area (Å²) >= 11 is 5.96.